The number of carbonyl (C=O) groups excluding carboxylic acids is 2. The molecule has 0 fully saturated rings. The van der Waals surface area contributed by atoms with Gasteiger partial charge in [0.05, 0.1) is 19.8 Å². The van der Waals surface area contributed by atoms with E-state index in [1.165, 1.54) is 141 Å². The molecule has 0 rings (SSSR count). The summed E-state index contributed by atoms with van der Waals surface area (Å²) in [7, 11) is -4.64. The predicted molar refractivity (Wildman–Crippen MR) is 224 cm³/mol. The molecule has 0 aromatic heterocycles. The number of esters is 2. The second-order valence-corrected chi connectivity index (χ2v) is 16.2. The highest BCUT2D eigenvalue weighted by Crippen LogP contribution is 2.43. The van der Waals surface area contributed by atoms with Gasteiger partial charge in [0.2, 0.25) is 0 Å². The fourth-order valence-electron chi connectivity index (χ4n) is 5.96. The van der Waals surface area contributed by atoms with Gasteiger partial charge in [-0.2, -0.15) is 0 Å². The van der Waals surface area contributed by atoms with Gasteiger partial charge < -0.3 is 24.6 Å². The molecule has 0 aliphatic rings. The molecule has 0 spiro atoms. The lowest BCUT2D eigenvalue weighted by Gasteiger charge is -2.20. The number of rotatable bonds is 41. The Morgan fingerprint density at radius 2 is 1.02 bits per heavy atom. The molecule has 3 N–H and O–H groups in total. The molecule has 0 aromatic carbocycles. The molecule has 11 heteroatoms. The van der Waals surface area contributed by atoms with Crippen LogP contribution in [-0.4, -0.2) is 65.7 Å². The van der Waals surface area contributed by atoms with E-state index in [9.17, 15) is 24.2 Å². The predicted octanol–water partition coefficient (Wildman–Crippen LogP) is 11.6. The van der Waals surface area contributed by atoms with Crippen molar-refractivity contribution in [3.05, 3.63) is 36.5 Å². The molecule has 0 aliphatic heterocycles. The molecule has 0 radical (unpaired) electrons. The zero-order valence-electron chi connectivity index (χ0n) is 34.9. The molecule has 1 unspecified atom stereocenters. The van der Waals surface area contributed by atoms with Crippen molar-refractivity contribution < 1.29 is 47.8 Å². The van der Waals surface area contributed by atoms with E-state index in [1.807, 2.05) is 6.08 Å². The first-order chi connectivity index (χ1) is 26.7. The van der Waals surface area contributed by atoms with Crippen LogP contribution in [0.1, 0.15) is 194 Å². The lowest BCUT2D eigenvalue weighted by Crippen LogP contribution is -2.29. The van der Waals surface area contributed by atoms with Crippen molar-refractivity contribution in [2.45, 2.75) is 206 Å². The zero-order valence-corrected chi connectivity index (χ0v) is 35.8. The number of hydrogen-bond donors (Lipinski definition) is 3. The topological polar surface area (TPSA) is 149 Å². The van der Waals surface area contributed by atoms with E-state index in [-0.39, 0.29) is 13.0 Å². The summed E-state index contributed by atoms with van der Waals surface area (Å²) >= 11 is 0. The van der Waals surface area contributed by atoms with E-state index in [2.05, 4.69) is 30.5 Å². The van der Waals surface area contributed by atoms with E-state index >= 15 is 0 Å². The molecule has 0 heterocycles. The molecule has 0 amide bonds. The molecule has 10 nitrogen and oxygen atoms in total. The number of carbonyl (C=O) groups is 2. The number of hydrogen-bond acceptors (Lipinski definition) is 9. The summed E-state index contributed by atoms with van der Waals surface area (Å²) in [6, 6.07) is 0. The number of aliphatic hydroxyl groups is 2. The quantitative estimate of drug-likeness (QED) is 0.0136. The van der Waals surface area contributed by atoms with Gasteiger partial charge in [-0.3, -0.25) is 13.8 Å². The van der Waals surface area contributed by atoms with Crippen molar-refractivity contribution in [2.75, 3.05) is 26.4 Å². The van der Waals surface area contributed by atoms with Crippen LogP contribution in [0.5, 0.6) is 0 Å². The Kier molecular flexibility index (Phi) is 39.1. The smallest absolute Gasteiger partial charge is 0.458 e. The second-order valence-electron chi connectivity index (χ2n) is 14.8. The summed E-state index contributed by atoms with van der Waals surface area (Å²) in [5.74, 6) is -1.18. The van der Waals surface area contributed by atoms with Crippen molar-refractivity contribution in [2.24, 2.45) is 0 Å². The third-order valence-electron chi connectivity index (χ3n) is 9.37. The Hall–Kier alpha value is -1.81. The number of unbranched alkanes of at least 4 members (excludes halogenated alkanes) is 24. The lowest BCUT2D eigenvalue weighted by molar-refractivity contribution is -0.159. The summed E-state index contributed by atoms with van der Waals surface area (Å²) in [6.45, 7) is 2.25. The molecule has 0 saturated heterocycles. The summed E-state index contributed by atoms with van der Waals surface area (Å²) < 4.78 is 32.5. The number of ether oxygens (including phenoxy) is 2. The van der Waals surface area contributed by atoms with Crippen LogP contribution >= 0.6 is 7.82 Å². The SMILES string of the molecule is CCCCCC/C=C/CCCCCCCCCCCC(=O)O[C@H](COC(=O)/C=C/C=C/CCCCCCCCCCCCC)COP(=O)(O)OC[C@@H](O)CO. The number of phosphoric acid groups is 1. The first-order valence-electron chi connectivity index (χ1n) is 22.0. The van der Waals surface area contributed by atoms with Gasteiger partial charge in [-0.1, -0.05) is 173 Å². The van der Waals surface area contributed by atoms with Crippen LogP contribution in [0.25, 0.3) is 0 Å². The third kappa shape index (κ3) is 40.2. The molecule has 0 bridgehead atoms. The van der Waals surface area contributed by atoms with Crippen LogP contribution in [0.4, 0.5) is 0 Å². The standard InChI is InChI=1S/C44H81O10P/c1-3-5-7-9-11-13-15-17-19-20-22-24-26-28-30-32-34-36-44(48)54-42(40-53-55(49,50)52-38-41(46)37-45)39-51-43(47)35-33-31-29-27-25-23-21-18-16-14-12-10-8-6-4-2/h13,15,29,31,33,35,41-42,45-46H,3-12,14,16-28,30,32,34,36-40H2,1-2H3,(H,49,50)/b15-13+,31-29+,35-33+/t41-,42+/m0/s1. The summed E-state index contributed by atoms with van der Waals surface area (Å²) in [6.07, 6.45) is 41.7. The maximum absolute atomic E-state index is 12.6. The lowest BCUT2D eigenvalue weighted by atomic mass is 10.1. The highest BCUT2D eigenvalue weighted by molar-refractivity contribution is 7.47. The molecule has 0 saturated carbocycles. The minimum atomic E-state index is -4.64. The monoisotopic (exact) mass is 801 g/mol. The first kappa shape index (κ1) is 53.2. The molecular formula is C44H81O10P. The second kappa shape index (κ2) is 40.4. The van der Waals surface area contributed by atoms with Crippen LogP contribution in [0, 0.1) is 0 Å². The Morgan fingerprint density at radius 1 is 0.582 bits per heavy atom. The van der Waals surface area contributed by atoms with Gasteiger partial charge in [0, 0.05) is 12.5 Å². The van der Waals surface area contributed by atoms with Gasteiger partial charge in [-0.05, 0) is 44.9 Å². The van der Waals surface area contributed by atoms with Crippen molar-refractivity contribution in [1.29, 1.82) is 0 Å². The highest BCUT2D eigenvalue weighted by Gasteiger charge is 2.27. The third-order valence-corrected chi connectivity index (χ3v) is 10.3. The van der Waals surface area contributed by atoms with Crippen LogP contribution in [0.3, 0.4) is 0 Å². The maximum Gasteiger partial charge on any atom is 0.472 e. The van der Waals surface area contributed by atoms with Gasteiger partial charge in [-0.15, -0.1) is 0 Å². The van der Waals surface area contributed by atoms with Crippen LogP contribution in [0.2, 0.25) is 0 Å². The molecular weight excluding hydrogens is 719 g/mol. The summed E-state index contributed by atoms with van der Waals surface area (Å²) in [5, 5.41) is 18.3. The van der Waals surface area contributed by atoms with Crippen LogP contribution < -0.4 is 0 Å². The molecule has 322 valence electrons. The van der Waals surface area contributed by atoms with Crippen molar-refractivity contribution in [3.63, 3.8) is 0 Å². The Labute approximate surface area is 335 Å². The van der Waals surface area contributed by atoms with Crippen LogP contribution in [-0.2, 0) is 32.7 Å². The Bertz CT molecular complexity index is 1010. The highest BCUT2D eigenvalue weighted by atomic mass is 31.2. The van der Waals surface area contributed by atoms with E-state index in [0.717, 1.165) is 32.1 Å². The Morgan fingerprint density at radius 3 is 1.53 bits per heavy atom. The summed E-state index contributed by atoms with van der Waals surface area (Å²) in [5.41, 5.74) is 0. The Balaban J connectivity index is 4.37. The molecule has 0 aliphatic carbocycles. The fourth-order valence-corrected chi connectivity index (χ4v) is 6.75. The van der Waals surface area contributed by atoms with Crippen molar-refractivity contribution in [3.8, 4) is 0 Å². The largest absolute Gasteiger partial charge is 0.472 e. The van der Waals surface area contributed by atoms with Crippen molar-refractivity contribution >= 4 is 19.8 Å². The van der Waals surface area contributed by atoms with Gasteiger partial charge in [-0.25, -0.2) is 9.36 Å². The van der Waals surface area contributed by atoms with Gasteiger partial charge in [0.15, 0.2) is 6.10 Å². The number of allylic oxidation sites excluding steroid dienone is 5. The van der Waals surface area contributed by atoms with E-state index in [4.69, 9.17) is 19.1 Å². The number of phosphoric ester groups is 1. The van der Waals surface area contributed by atoms with Gasteiger partial charge in [0.25, 0.3) is 0 Å². The van der Waals surface area contributed by atoms with Crippen molar-refractivity contribution in [1.82, 2.24) is 0 Å². The van der Waals surface area contributed by atoms with E-state index < -0.39 is 51.8 Å². The summed E-state index contributed by atoms with van der Waals surface area (Å²) in [4.78, 5) is 34.8. The fraction of sp³-hybridized carbons (Fsp3) is 0.818. The number of aliphatic hydroxyl groups excluding tert-OH is 2. The average Bonchev–Trinajstić information content (AvgIpc) is 3.17. The zero-order chi connectivity index (χ0) is 40.5. The molecule has 0 aromatic rings. The van der Waals surface area contributed by atoms with Gasteiger partial charge >= 0.3 is 19.8 Å². The van der Waals surface area contributed by atoms with Crippen LogP contribution in [0.15, 0.2) is 36.5 Å². The maximum atomic E-state index is 12.6. The minimum Gasteiger partial charge on any atom is -0.458 e. The first-order valence-corrected chi connectivity index (χ1v) is 23.5. The molecule has 55 heavy (non-hydrogen) atoms. The van der Waals surface area contributed by atoms with Gasteiger partial charge in [0.1, 0.15) is 12.7 Å². The molecule has 3 atom stereocenters. The normalized spacial score (nSPS) is 14.2. The minimum absolute atomic E-state index is 0.163. The average molecular weight is 801 g/mol. The van der Waals surface area contributed by atoms with E-state index in [0.29, 0.717) is 6.42 Å². The van der Waals surface area contributed by atoms with E-state index in [1.54, 1.807) is 12.2 Å².